The van der Waals surface area contributed by atoms with Gasteiger partial charge in [-0.25, -0.2) is 4.39 Å². The van der Waals surface area contributed by atoms with Crippen molar-refractivity contribution in [1.29, 1.82) is 0 Å². The molecule has 0 aliphatic carbocycles. The van der Waals surface area contributed by atoms with E-state index in [2.05, 4.69) is 5.32 Å². The number of halogens is 4. The van der Waals surface area contributed by atoms with Crippen LogP contribution in [0.5, 0.6) is 0 Å². The molecule has 0 saturated carbocycles. The van der Waals surface area contributed by atoms with Gasteiger partial charge in [-0.3, -0.25) is 4.79 Å². The van der Waals surface area contributed by atoms with Gasteiger partial charge in [0.2, 0.25) is 5.91 Å². The van der Waals surface area contributed by atoms with Gasteiger partial charge in [0, 0.05) is 12.1 Å². The summed E-state index contributed by atoms with van der Waals surface area (Å²) in [6.07, 6.45) is -8.43. The highest BCUT2D eigenvalue weighted by Gasteiger charge is 2.37. The predicted octanol–water partition coefficient (Wildman–Crippen LogP) is 2.47. The largest absolute Gasteiger partial charge is 0.414 e. The molecule has 18 heavy (non-hydrogen) atoms. The molecular formula is C11H11F4NO2. The molecule has 2 N–H and O–H groups in total. The number of anilines is 1. The molecule has 0 spiro atoms. The Bertz CT molecular complexity index is 402. The molecule has 100 valence electrons. The second-order valence-corrected chi connectivity index (χ2v) is 3.65. The summed E-state index contributed by atoms with van der Waals surface area (Å²) in [5.74, 6) is -1.16. The molecule has 1 atom stereocenters. The lowest BCUT2D eigenvalue weighted by Crippen LogP contribution is -2.29. The molecule has 0 unspecified atom stereocenters. The number of aliphatic hydroxyl groups is 1. The molecule has 0 aromatic heterocycles. The Labute approximate surface area is 100 Å². The van der Waals surface area contributed by atoms with Crippen LogP contribution in [0.3, 0.4) is 0 Å². The Morgan fingerprint density at radius 1 is 1.28 bits per heavy atom. The van der Waals surface area contributed by atoms with Gasteiger partial charge >= 0.3 is 6.18 Å². The fourth-order valence-electron chi connectivity index (χ4n) is 1.19. The van der Waals surface area contributed by atoms with Crippen molar-refractivity contribution >= 4 is 11.6 Å². The van der Waals surface area contributed by atoms with Crippen LogP contribution in [-0.4, -0.2) is 23.3 Å². The summed E-state index contributed by atoms with van der Waals surface area (Å²) < 4.78 is 48.4. The third-order valence-corrected chi connectivity index (χ3v) is 2.15. The van der Waals surface area contributed by atoms with Crippen LogP contribution in [0.1, 0.15) is 12.8 Å². The molecule has 1 aromatic rings. The van der Waals surface area contributed by atoms with Gasteiger partial charge in [-0.15, -0.1) is 0 Å². The van der Waals surface area contributed by atoms with Crippen molar-refractivity contribution in [1.82, 2.24) is 0 Å². The fourth-order valence-corrected chi connectivity index (χ4v) is 1.19. The third kappa shape index (κ3) is 4.70. The van der Waals surface area contributed by atoms with E-state index in [1.807, 2.05) is 0 Å². The van der Waals surface area contributed by atoms with E-state index in [0.717, 1.165) is 12.1 Å². The van der Waals surface area contributed by atoms with Crippen LogP contribution >= 0.6 is 0 Å². The van der Waals surface area contributed by atoms with Crippen LogP contribution in [-0.2, 0) is 4.79 Å². The molecule has 0 aliphatic rings. The van der Waals surface area contributed by atoms with Gasteiger partial charge in [0.15, 0.2) is 0 Å². The maximum Gasteiger partial charge on any atom is 0.414 e. The SMILES string of the molecule is O=C(CC[C@H](O)C(F)(F)F)Nc1ccc(F)cc1. The maximum absolute atomic E-state index is 12.5. The molecule has 1 aromatic carbocycles. The van der Waals surface area contributed by atoms with Crippen molar-refractivity contribution in [3.63, 3.8) is 0 Å². The summed E-state index contributed by atoms with van der Waals surface area (Å²) in [4.78, 5) is 11.2. The predicted molar refractivity (Wildman–Crippen MR) is 56.3 cm³/mol. The first-order chi connectivity index (χ1) is 8.29. The lowest BCUT2D eigenvalue weighted by molar-refractivity contribution is -0.205. The van der Waals surface area contributed by atoms with E-state index in [1.54, 1.807) is 0 Å². The van der Waals surface area contributed by atoms with Crippen molar-refractivity contribution in [2.45, 2.75) is 25.1 Å². The van der Waals surface area contributed by atoms with E-state index in [0.29, 0.717) is 0 Å². The van der Waals surface area contributed by atoms with Crippen molar-refractivity contribution in [3.05, 3.63) is 30.1 Å². The number of benzene rings is 1. The first-order valence-corrected chi connectivity index (χ1v) is 5.09. The molecule has 0 radical (unpaired) electrons. The molecule has 3 nitrogen and oxygen atoms in total. The summed E-state index contributed by atoms with van der Waals surface area (Å²) in [5, 5.41) is 11.0. The average molecular weight is 265 g/mol. The summed E-state index contributed by atoms with van der Waals surface area (Å²) >= 11 is 0. The zero-order valence-corrected chi connectivity index (χ0v) is 9.17. The normalized spacial score (nSPS) is 13.2. The number of aliphatic hydroxyl groups excluding tert-OH is 1. The van der Waals surface area contributed by atoms with Crippen LogP contribution in [0.4, 0.5) is 23.2 Å². The van der Waals surface area contributed by atoms with Gasteiger partial charge in [-0.1, -0.05) is 0 Å². The van der Waals surface area contributed by atoms with E-state index in [1.165, 1.54) is 12.1 Å². The van der Waals surface area contributed by atoms with Crippen LogP contribution in [0.25, 0.3) is 0 Å². The Morgan fingerprint density at radius 2 is 1.83 bits per heavy atom. The van der Waals surface area contributed by atoms with Crippen LogP contribution in [0.15, 0.2) is 24.3 Å². The number of carbonyl (C=O) groups excluding carboxylic acids is 1. The minimum atomic E-state index is -4.73. The number of hydrogen-bond acceptors (Lipinski definition) is 2. The van der Waals surface area contributed by atoms with Gasteiger partial charge < -0.3 is 10.4 Å². The van der Waals surface area contributed by atoms with Crippen LogP contribution in [0, 0.1) is 5.82 Å². The second-order valence-electron chi connectivity index (χ2n) is 3.65. The first kappa shape index (κ1) is 14.4. The average Bonchev–Trinajstić information content (AvgIpc) is 2.28. The molecule has 0 fully saturated rings. The Morgan fingerprint density at radius 3 is 2.33 bits per heavy atom. The van der Waals surface area contributed by atoms with Crippen molar-refractivity contribution in [3.8, 4) is 0 Å². The van der Waals surface area contributed by atoms with E-state index in [4.69, 9.17) is 5.11 Å². The fraction of sp³-hybridized carbons (Fsp3) is 0.364. The summed E-state index contributed by atoms with van der Waals surface area (Å²) in [7, 11) is 0. The molecule has 1 amide bonds. The number of rotatable bonds is 4. The lowest BCUT2D eigenvalue weighted by atomic mass is 10.2. The van der Waals surface area contributed by atoms with Crippen molar-refractivity contribution in [2.75, 3.05) is 5.32 Å². The Kier molecular flexibility index (Phi) is 4.66. The smallest absolute Gasteiger partial charge is 0.384 e. The molecular weight excluding hydrogens is 254 g/mol. The number of amides is 1. The van der Waals surface area contributed by atoms with Gasteiger partial charge in [0.1, 0.15) is 11.9 Å². The summed E-state index contributed by atoms with van der Waals surface area (Å²) in [6, 6.07) is 4.79. The number of carbonyl (C=O) groups is 1. The number of hydrogen-bond donors (Lipinski definition) is 2. The quantitative estimate of drug-likeness (QED) is 0.822. The van der Waals surface area contributed by atoms with Gasteiger partial charge in [0.05, 0.1) is 0 Å². The van der Waals surface area contributed by atoms with E-state index < -0.39 is 36.8 Å². The van der Waals surface area contributed by atoms with E-state index in [9.17, 15) is 22.4 Å². The van der Waals surface area contributed by atoms with Gasteiger partial charge in [-0.2, -0.15) is 13.2 Å². The zero-order valence-electron chi connectivity index (χ0n) is 9.17. The van der Waals surface area contributed by atoms with Crippen LogP contribution in [0.2, 0.25) is 0 Å². The first-order valence-electron chi connectivity index (χ1n) is 5.09. The van der Waals surface area contributed by atoms with Gasteiger partial charge in [-0.05, 0) is 30.7 Å². The van der Waals surface area contributed by atoms with E-state index in [-0.39, 0.29) is 5.69 Å². The second kappa shape index (κ2) is 5.81. The monoisotopic (exact) mass is 265 g/mol. The molecule has 0 saturated heterocycles. The van der Waals surface area contributed by atoms with E-state index >= 15 is 0 Å². The molecule has 0 heterocycles. The van der Waals surface area contributed by atoms with Crippen LogP contribution < -0.4 is 5.32 Å². The minimum Gasteiger partial charge on any atom is -0.384 e. The standard InChI is InChI=1S/C11H11F4NO2/c12-7-1-3-8(4-2-7)16-10(18)6-5-9(17)11(13,14)15/h1-4,9,17H,5-6H2,(H,16,18)/t9-/m0/s1. The summed E-state index contributed by atoms with van der Waals surface area (Å²) in [6.45, 7) is 0. The van der Waals surface area contributed by atoms with Crippen molar-refractivity contribution < 1.29 is 27.5 Å². The number of alkyl halides is 3. The highest BCUT2D eigenvalue weighted by atomic mass is 19.4. The Balaban J connectivity index is 2.41. The molecule has 1 rings (SSSR count). The zero-order chi connectivity index (χ0) is 13.8. The topological polar surface area (TPSA) is 49.3 Å². The molecule has 0 bridgehead atoms. The highest BCUT2D eigenvalue weighted by Crippen LogP contribution is 2.23. The maximum atomic E-state index is 12.5. The third-order valence-electron chi connectivity index (χ3n) is 2.15. The molecule has 0 aliphatic heterocycles. The number of nitrogens with one attached hydrogen (secondary N) is 1. The lowest BCUT2D eigenvalue weighted by Gasteiger charge is -2.13. The highest BCUT2D eigenvalue weighted by molar-refractivity contribution is 5.90. The van der Waals surface area contributed by atoms with Gasteiger partial charge in [0.25, 0.3) is 0 Å². The Hall–Kier alpha value is -1.63. The van der Waals surface area contributed by atoms with Crippen molar-refractivity contribution in [2.24, 2.45) is 0 Å². The minimum absolute atomic E-state index is 0.280. The summed E-state index contributed by atoms with van der Waals surface area (Å²) in [5.41, 5.74) is 0.280. The molecule has 7 heteroatoms.